The molecule has 0 radical (unpaired) electrons. The number of aliphatic carboxylic acids is 1. The number of aromatic nitrogens is 5. The minimum absolute atomic E-state index is 0.499. The van der Waals surface area contributed by atoms with Gasteiger partial charge in [-0.25, -0.2) is 9.97 Å². The largest absolute Gasteiger partial charge is 0.480 e. The van der Waals surface area contributed by atoms with Crippen molar-refractivity contribution in [1.82, 2.24) is 25.0 Å². The summed E-state index contributed by atoms with van der Waals surface area (Å²) in [4.78, 5) is 19.3. The Kier molecular flexibility index (Phi) is 3.53. The summed E-state index contributed by atoms with van der Waals surface area (Å²) in [6.07, 6.45) is 1.39. The van der Waals surface area contributed by atoms with E-state index in [1.807, 2.05) is 30.3 Å². The SMILES string of the molecule is C[C@@H](Sc1ncnc2c1nnn2-c1ccccc1)C(=O)O. The van der Waals surface area contributed by atoms with Gasteiger partial charge in [0.15, 0.2) is 11.2 Å². The van der Waals surface area contributed by atoms with Crippen LogP contribution < -0.4 is 0 Å². The Morgan fingerprint density at radius 1 is 1.29 bits per heavy atom. The van der Waals surface area contributed by atoms with Crippen LogP contribution in [0.15, 0.2) is 41.7 Å². The molecular formula is C13H11N5O2S. The maximum absolute atomic E-state index is 11.0. The van der Waals surface area contributed by atoms with Crippen molar-refractivity contribution in [3.63, 3.8) is 0 Å². The molecule has 0 aliphatic rings. The first-order valence-electron chi connectivity index (χ1n) is 6.18. The number of para-hydroxylation sites is 1. The van der Waals surface area contributed by atoms with Gasteiger partial charge in [0.2, 0.25) is 0 Å². The molecule has 2 heterocycles. The number of rotatable bonds is 4. The Hall–Kier alpha value is -2.48. The molecule has 7 nitrogen and oxygen atoms in total. The molecule has 0 unspecified atom stereocenters. The van der Waals surface area contributed by atoms with E-state index < -0.39 is 11.2 Å². The molecule has 21 heavy (non-hydrogen) atoms. The summed E-state index contributed by atoms with van der Waals surface area (Å²) in [7, 11) is 0. The third-order valence-electron chi connectivity index (χ3n) is 2.84. The van der Waals surface area contributed by atoms with E-state index in [0.717, 1.165) is 17.4 Å². The van der Waals surface area contributed by atoms with E-state index in [1.165, 1.54) is 6.33 Å². The third kappa shape index (κ3) is 2.57. The standard InChI is InChI=1S/C13H11N5O2S/c1-8(13(19)20)21-12-10-11(14-7-15-12)18(17-16-10)9-5-3-2-4-6-9/h2-8H,1H3,(H,19,20)/t8-/m1/s1. The van der Waals surface area contributed by atoms with Crippen molar-refractivity contribution >= 4 is 28.9 Å². The molecule has 0 fully saturated rings. The van der Waals surface area contributed by atoms with Crippen LogP contribution in [-0.4, -0.2) is 41.3 Å². The highest BCUT2D eigenvalue weighted by Crippen LogP contribution is 2.27. The van der Waals surface area contributed by atoms with Crippen LogP contribution in [-0.2, 0) is 4.79 Å². The maximum Gasteiger partial charge on any atom is 0.316 e. The zero-order chi connectivity index (χ0) is 14.8. The van der Waals surface area contributed by atoms with Gasteiger partial charge in [0.25, 0.3) is 0 Å². The first-order valence-corrected chi connectivity index (χ1v) is 7.06. The van der Waals surface area contributed by atoms with Gasteiger partial charge in [-0.3, -0.25) is 4.79 Å². The molecule has 1 aromatic carbocycles. The molecule has 1 N–H and O–H groups in total. The van der Waals surface area contributed by atoms with Crippen LogP contribution >= 0.6 is 11.8 Å². The average molecular weight is 301 g/mol. The van der Waals surface area contributed by atoms with Crippen molar-refractivity contribution in [3.8, 4) is 5.69 Å². The van der Waals surface area contributed by atoms with Crippen molar-refractivity contribution in [2.24, 2.45) is 0 Å². The summed E-state index contributed by atoms with van der Waals surface area (Å²) in [6, 6.07) is 9.48. The highest BCUT2D eigenvalue weighted by Gasteiger charge is 2.18. The van der Waals surface area contributed by atoms with Gasteiger partial charge in [0.1, 0.15) is 16.6 Å². The Labute approximate surface area is 124 Å². The van der Waals surface area contributed by atoms with Crippen molar-refractivity contribution in [3.05, 3.63) is 36.7 Å². The molecule has 0 amide bonds. The molecule has 3 aromatic rings. The molecule has 0 spiro atoms. The molecule has 2 aromatic heterocycles. The lowest BCUT2D eigenvalue weighted by molar-refractivity contribution is -0.136. The fraction of sp³-hybridized carbons (Fsp3) is 0.154. The average Bonchev–Trinajstić information content (AvgIpc) is 2.93. The Morgan fingerprint density at radius 3 is 2.76 bits per heavy atom. The van der Waals surface area contributed by atoms with Crippen LogP contribution in [0.25, 0.3) is 16.9 Å². The zero-order valence-electron chi connectivity index (χ0n) is 11.0. The van der Waals surface area contributed by atoms with E-state index in [2.05, 4.69) is 20.3 Å². The summed E-state index contributed by atoms with van der Waals surface area (Å²) >= 11 is 1.12. The monoisotopic (exact) mass is 301 g/mol. The van der Waals surface area contributed by atoms with Crippen molar-refractivity contribution < 1.29 is 9.90 Å². The molecule has 8 heteroatoms. The number of carboxylic acids is 1. The van der Waals surface area contributed by atoms with Crippen LogP contribution in [0.3, 0.4) is 0 Å². The number of thioether (sulfide) groups is 1. The number of fused-ring (bicyclic) bond motifs is 1. The van der Waals surface area contributed by atoms with E-state index in [9.17, 15) is 4.79 Å². The van der Waals surface area contributed by atoms with E-state index >= 15 is 0 Å². The van der Waals surface area contributed by atoms with Crippen LogP contribution in [0.4, 0.5) is 0 Å². The van der Waals surface area contributed by atoms with Gasteiger partial charge < -0.3 is 5.11 Å². The molecule has 0 bridgehead atoms. The van der Waals surface area contributed by atoms with Crippen molar-refractivity contribution in [2.75, 3.05) is 0 Å². The summed E-state index contributed by atoms with van der Waals surface area (Å²) in [5.74, 6) is -0.901. The lowest BCUT2D eigenvalue weighted by Crippen LogP contribution is -2.11. The predicted octanol–water partition coefficient (Wildman–Crippen LogP) is 1.78. The van der Waals surface area contributed by atoms with Gasteiger partial charge in [-0.2, -0.15) is 4.68 Å². The third-order valence-corrected chi connectivity index (χ3v) is 3.92. The smallest absolute Gasteiger partial charge is 0.316 e. The minimum atomic E-state index is -0.901. The normalized spacial score (nSPS) is 12.4. The van der Waals surface area contributed by atoms with Gasteiger partial charge >= 0.3 is 5.97 Å². The second-order valence-corrected chi connectivity index (χ2v) is 5.62. The molecule has 0 aliphatic heterocycles. The molecule has 1 atom stereocenters. The molecule has 3 rings (SSSR count). The molecule has 106 valence electrons. The van der Waals surface area contributed by atoms with Gasteiger partial charge in [0.05, 0.1) is 5.69 Å². The van der Waals surface area contributed by atoms with Gasteiger partial charge in [-0.15, -0.1) is 5.10 Å². The quantitative estimate of drug-likeness (QED) is 0.579. The van der Waals surface area contributed by atoms with E-state index in [0.29, 0.717) is 16.2 Å². The lowest BCUT2D eigenvalue weighted by Gasteiger charge is -2.05. The second kappa shape index (κ2) is 5.49. The van der Waals surface area contributed by atoms with E-state index in [1.54, 1.807) is 11.6 Å². The molecule has 0 saturated heterocycles. The van der Waals surface area contributed by atoms with Gasteiger partial charge in [-0.1, -0.05) is 35.2 Å². The Morgan fingerprint density at radius 2 is 2.05 bits per heavy atom. The van der Waals surface area contributed by atoms with Crippen molar-refractivity contribution in [1.29, 1.82) is 0 Å². The van der Waals surface area contributed by atoms with E-state index in [4.69, 9.17) is 5.11 Å². The topological polar surface area (TPSA) is 93.8 Å². The fourth-order valence-electron chi connectivity index (χ4n) is 1.78. The number of nitrogens with zero attached hydrogens (tertiary/aromatic N) is 5. The summed E-state index contributed by atoms with van der Waals surface area (Å²) in [5.41, 5.74) is 1.89. The number of hydrogen-bond donors (Lipinski definition) is 1. The fourth-order valence-corrected chi connectivity index (χ4v) is 2.56. The number of carboxylic acid groups (broad SMARTS) is 1. The zero-order valence-corrected chi connectivity index (χ0v) is 11.9. The maximum atomic E-state index is 11.0. The van der Waals surface area contributed by atoms with Crippen LogP contribution in [0.5, 0.6) is 0 Å². The minimum Gasteiger partial charge on any atom is -0.480 e. The van der Waals surface area contributed by atoms with Gasteiger partial charge in [0, 0.05) is 0 Å². The molecule has 0 aliphatic carbocycles. The first kappa shape index (κ1) is 13.5. The van der Waals surface area contributed by atoms with Crippen LogP contribution in [0.2, 0.25) is 0 Å². The molecule has 0 saturated carbocycles. The number of carbonyl (C=O) groups is 1. The summed E-state index contributed by atoms with van der Waals surface area (Å²) in [5, 5.41) is 17.0. The van der Waals surface area contributed by atoms with Crippen LogP contribution in [0.1, 0.15) is 6.92 Å². The van der Waals surface area contributed by atoms with E-state index in [-0.39, 0.29) is 0 Å². The molecular weight excluding hydrogens is 290 g/mol. The van der Waals surface area contributed by atoms with Crippen molar-refractivity contribution in [2.45, 2.75) is 17.2 Å². The predicted molar refractivity (Wildman–Crippen MR) is 77.4 cm³/mol. The first-order chi connectivity index (χ1) is 10.2. The number of benzene rings is 1. The Bertz CT molecular complexity index is 790. The summed E-state index contributed by atoms with van der Waals surface area (Å²) in [6.45, 7) is 1.60. The lowest BCUT2D eigenvalue weighted by atomic mass is 10.3. The summed E-state index contributed by atoms with van der Waals surface area (Å²) < 4.78 is 1.60. The van der Waals surface area contributed by atoms with Gasteiger partial charge in [-0.05, 0) is 19.1 Å². The highest BCUT2D eigenvalue weighted by molar-refractivity contribution is 8.00. The highest BCUT2D eigenvalue weighted by atomic mass is 32.2. The van der Waals surface area contributed by atoms with Crippen LogP contribution in [0, 0.1) is 0 Å². The number of hydrogen-bond acceptors (Lipinski definition) is 6. The Balaban J connectivity index is 2.06. The second-order valence-electron chi connectivity index (χ2n) is 4.29.